The zero-order chi connectivity index (χ0) is 14.4. The molecule has 0 radical (unpaired) electrons. The van der Waals surface area contributed by atoms with Crippen molar-refractivity contribution in [3.63, 3.8) is 0 Å². The third-order valence-corrected chi connectivity index (χ3v) is 4.53. The van der Waals surface area contributed by atoms with Gasteiger partial charge in [0.1, 0.15) is 0 Å². The van der Waals surface area contributed by atoms with Crippen LogP contribution in [0.25, 0.3) is 0 Å². The summed E-state index contributed by atoms with van der Waals surface area (Å²) in [5, 5.41) is 3.79. The summed E-state index contributed by atoms with van der Waals surface area (Å²) in [6.45, 7) is 5.15. The van der Waals surface area contributed by atoms with Gasteiger partial charge in [0.05, 0.1) is 0 Å². The Balaban J connectivity index is 1.99. The Kier molecular flexibility index (Phi) is 6.06. The SMILES string of the molecule is CC(C)c1ccc(C(CN)NC2CCCCCC2)cc1. The smallest absolute Gasteiger partial charge is 0.0446 e. The molecule has 0 amide bonds. The molecule has 3 N–H and O–H groups in total. The molecule has 112 valence electrons. The molecule has 2 heteroatoms. The third kappa shape index (κ3) is 4.32. The first kappa shape index (κ1) is 15.5. The van der Waals surface area contributed by atoms with Crippen molar-refractivity contribution in [1.82, 2.24) is 5.32 Å². The maximum absolute atomic E-state index is 6.00. The summed E-state index contributed by atoms with van der Waals surface area (Å²) in [6, 6.07) is 9.94. The van der Waals surface area contributed by atoms with Crippen LogP contribution in [-0.4, -0.2) is 12.6 Å². The topological polar surface area (TPSA) is 38.0 Å². The van der Waals surface area contributed by atoms with Crippen LogP contribution in [0, 0.1) is 0 Å². The van der Waals surface area contributed by atoms with Crippen LogP contribution in [0.5, 0.6) is 0 Å². The quantitative estimate of drug-likeness (QED) is 0.793. The lowest BCUT2D eigenvalue weighted by molar-refractivity contribution is 0.402. The highest BCUT2D eigenvalue weighted by molar-refractivity contribution is 5.27. The van der Waals surface area contributed by atoms with E-state index in [0.29, 0.717) is 24.5 Å². The van der Waals surface area contributed by atoms with Crippen LogP contribution in [0.4, 0.5) is 0 Å². The Morgan fingerprint density at radius 1 is 1.00 bits per heavy atom. The standard InChI is InChI=1S/C18H30N2/c1-14(2)15-9-11-16(12-10-15)18(13-19)20-17-7-5-3-4-6-8-17/h9-12,14,17-18,20H,3-8,13,19H2,1-2H3. The Hall–Kier alpha value is -0.860. The fourth-order valence-corrected chi connectivity index (χ4v) is 3.14. The van der Waals surface area contributed by atoms with Crippen molar-refractivity contribution in [2.24, 2.45) is 5.73 Å². The molecule has 0 aliphatic heterocycles. The first-order chi connectivity index (χ1) is 9.70. The fraction of sp³-hybridized carbons (Fsp3) is 0.667. The van der Waals surface area contributed by atoms with Crippen LogP contribution >= 0.6 is 0 Å². The largest absolute Gasteiger partial charge is 0.329 e. The highest BCUT2D eigenvalue weighted by Crippen LogP contribution is 2.22. The molecule has 0 aromatic heterocycles. The monoisotopic (exact) mass is 274 g/mol. The summed E-state index contributed by atoms with van der Waals surface area (Å²) in [5.74, 6) is 0.593. The summed E-state index contributed by atoms with van der Waals surface area (Å²) < 4.78 is 0. The Labute approximate surface area is 124 Å². The molecule has 0 heterocycles. The van der Waals surface area contributed by atoms with Crippen LogP contribution in [0.15, 0.2) is 24.3 Å². The highest BCUT2D eigenvalue weighted by atomic mass is 15.0. The van der Waals surface area contributed by atoms with Gasteiger partial charge in [0.15, 0.2) is 0 Å². The van der Waals surface area contributed by atoms with Gasteiger partial charge in [-0.05, 0) is 29.9 Å². The van der Waals surface area contributed by atoms with Crippen LogP contribution in [0.2, 0.25) is 0 Å². The van der Waals surface area contributed by atoms with Gasteiger partial charge in [-0.3, -0.25) is 0 Å². The van der Waals surface area contributed by atoms with Gasteiger partial charge in [-0.25, -0.2) is 0 Å². The van der Waals surface area contributed by atoms with E-state index in [4.69, 9.17) is 5.73 Å². The molecule has 0 bridgehead atoms. The average Bonchev–Trinajstić information content (AvgIpc) is 2.73. The number of benzene rings is 1. The molecular weight excluding hydrogens is 244 g/mol. The maximum Gasteiger partial charge on any atom is 0.0446 e. The van der Waals surface area contributed by atoms with E-state index in [9.17, 15) is 0 Å². The molecule has 2 rings (SSSR count). The van der Waals surface area contributed by atoms with E-state index in [1.165, 1.54) is 49.7 Å². The predicted molar refractivity (Wildman–Crippen MR) is 87.0 cm³/mol. The first-order valence-electron chi connectivity index (χ1n) is 8.26. The van der Waals surface area contributed by atoms with Crippen molar-refractivity contribution in [3.05, 3.63) is 35.4 Å². The van der Waals surface area contributed by atoms with Gasteiger partial charge in [-0.15, -0.1) is 0 Å². The number of nitrogens with one attached hydrogen (secondary N) is 1. The van der Waals surface area contributed by atoms with Gasteiger partial charge in [-0.1, -0.05) is 63.8 Å². The summed E-state index contributed by atoms with van der Waals surface area (Å²) in [7, 11) is 0. The van der Waals surface area contributed by atoms with Gasteiger partial charge >= 0.3 is 0 Å². The molecule has 1 unspecified atom stereocenters. The second kappa shape index (κ2) is 7.80. The summed E-state index contributed by atoms with van der Waals surface area (Å²) in [5.41, 5.74) is 8.73. The second-order valence-electron chi connectivity index (χ2n) is 6.46. The van der Waals surface area contributed by atoms with Gasteiger partial charge < -0.3 is 11.1 Å². The molecule has 1 atom stereocenters. The lowest BCUT2D eigenvalue weighted by Gasteiger charge is -2.24. The molecule has 2 nitrogen and oxygen atoms in total. The van der Waals surface area contributed by atoms with Gasteiger partial charge in [-0.2, -0.15) is 0 Å². The van der Waals surface area contributed by atoms with Gasteiger partial charge in [0, 0.05) is 18.6 Å². The van der Waals surface area contributed by atoms with Crippen molar-refractivity contribution in [2.45, 2.75) is 70.4 Å². The molecule has 1 aliphatic rings. The Bertz CT molecular complexity index is 375. The van der Waals surface area contributed by atoms with E-state index >= 15 is 0 Å². The minimum atomic E-state index is 0.305. The number of nitrogens with two attached hydrogens (primary N) is 1. The molecule has 1 aromatic rings. The fourth-order valence-electron chi connectivity index (χ4n) is 3.14. The molecule has 20 heavy (non-hydrogen) atoms. The van der Waals surface area contributed by atoms with E-state index in [2.05, 4.69) is 43.4 Å². The predicted octanol–water partition coefficient (Wildman–Crippen LogP) is 4.12. The molecule has 1 saturated carbocycles. The van der Waals surface area contributed by atoms with E-state index in [-0.39, 0.29) is 0 Å². The lowest BCUT2D eigenvalue weighted by Crippen LogP contribution is -2.36. The molecular formula is C18H30N2. The Morgan fingerprint density at radius 2 is 1.55 bits per heavy atom. The molecule has 0 spiro atoms. The zero-order valence-electron chi connectivity index (χ0n) is 13.1. The van der Waals surface area contributed by atoms with Gasteiger partial charge in [0.25, 0.3) is 0 Å². The third-order valence-electron chi connectivity index (χ3n) is 4.53. The van der Waals surface area contributed by atoms with Crippen molar-refractivity contribution in [3.8, 4) is 0 Å². The molecule has 1 aromatic carbocycles. The summed E-state index contributed by atoms with van der Waals surface area (Å²) >= 11 is 0. The minimum Gasteiger partial charge on any atom is -0.329 e. The minimum absolute atomic E-state index is 0.305. The number of rotatable bonds is 5. The van der Waals surface area contributed by atoms with Gasteiger partial charge in [0.2, 0.25) is 0 Å². The van der Waals surface area contributed by atoms with Crippen molar-refractivity contribution >= 4 is 0 Å². The van der Waals surface area contributed by atoms with Crippen LogP contribution in [0.3, 0.4) is 0 Å². The van der Waals surface area contributed by atoms with E-state index < -0.39 is 0 Å². The zero-order valence-corrected chi connectivity index (χ0v) is 13.1. The maximum atomic E-state index is 6.00. The van der Waals surface area contributed by atoms with E-state index in [1.54, 1.807) is 0 Å². The second-order valence-corrected chi connectivity index (χ2v) is 6.46. The first-order valence-corrected chi connectivity index (χ1v) is 8.26. The number of hydrogen-bond acceptors (Lipinski definition) is 2. The van der Waals surface area contributed by atoms with Crippen LogP contribution < -0.4 is 11.1 Å². The van der Waals surface area contributed by atoms with E-state index in [1.807, 2.05) is 0 Å². The molecule has 0 saturated heterocycles. The molecule has 1 fully saturated rings. The number of hydrogen-bond donors (Lipinski definition) is 2. The summed E-state index contributed by atoms with van der Waals surface area (Å²) in [4.78, 5) is 0. The summed E-state index contributed by atoms with van der Waals surface area (Å²) in [6.07, 6.45) is 8.13. The lowest BCUT2D eigenvalue weighted by atomic mass is 9.98. The van der Waals surface area contributed by atoms with Crippen molar-refractivity contribution < 1.29 is 0 Å². The van der Waals surface area contributed by atoms with Crippen molar-refractivity contribution in [1.29, 1.82) is 0 Å². The molecule has 1 aliphatic carbocycles. The Morgan fingerprint density at radius 3 is 2.05 bits per heavy atom. The van der Waals surface area contributed by atoms with Crippen LogP contribution in [-0.2, 0) is 0 Å². The highest BCUT2D eigenvalue weighted by Gasteiger charge is 2.17. The van der Waals surface area contributed by atoms with Crippen LogP contribution in [0.1, 0.15) is 75.5 Å². The average molecular weight is 274 g/mol. The van der Waals surface area contributed by atoms with Crippen molar-refractivity contribution in [2.75, 3.05) is 6.54 Å². The normalized spacial score (nSPS) is 19.0. The van der Waals surface area contributed by atoms with E-state index in [0.717, 1.165) is 0 Å².